The standard InChI is InChI=1S/C23H25Cl2N5O2S/c24-17-5-6-26-21(25)20(17)29-9-7-28(8-10-29)12-14-1-2-16-15(11-14)13-30(23(16)33)18-3-4-19(31)27-22(18)32/h1-2,5-6,11,18,23,33H,3-4,7-10,12-13H2,(H,27,31,32). The van der Waals surface area contributed by atoms with E-state index in [1.54, 1.807) is 12.3 Å². The number of piperazine rings is 1. The Morgan fingerprint density at radius 1 is 1.12 bits per heavy atom. The number of piperidine rings is 1. The van der Waals surface area contributed by atoms with Gasteiger partial charge in [0.25, 0.3) is 0 Å². The van der Waals surface area contributed by atoms with Crippen LogP contribution in [0.2, 0.25) is 10.2 Å². The monoisotopic (exact) mass is 505 g/mol. The molecule has 3 aliphatic heterocycles. The fourth-order valence-corrected chi connectivity index (χ4v) is 6.05. The van der Waals surface area contributed by atoms with Crippen LogP contribution in [0.1, 0.15) is 34.9 Å². The van der Waals surface area contributed by atoms with Gasteiger partial charge in [0.15, 0.2) is 5.15 Å². The van der Waals surface area contributed by atoms with Gasteiger partial charge >= 0.3 is 0 Å². The Morgan fingerprint density at radius 2 is 1.91 bits per heavy atom. The minimum atomic E-state index is -0.319. The number of rotatable bonds is 4. The van der Waals surface area contributed by atoms with Crippen LogP contribution in [0.3, 0.4) is 0 Å². The van der Waals surface area contributed by atoms with E-state index in [0.717, 1.165) is 44.0 Å². The number of amides is 2. The molecule has 174 valence electrons. The topological polar surface area (TPSA) is 68.8 Å². The predicted molar refractivity (Wildman–Crippen MR) is 132 cm³/mol. The maximum Gasteiger partial charge on any atom is 0.243 e. The first kappa shape index (κ1) is 22.9. The molecule has 4 heterocycles. The molecule has 33 heavy (non-hydrogen) atoms. The number of pyridine rings is 1. The number of carbonyl (C=O) groups is 2. The zero-order valence-corrected chi connectivity index (χ0v) is 20.4. The Bertz CT molecular complexity index is 1070. The molecule has 7 nitrogen and oxygen atoms in total. The number of fused-ring (bicyclic) bond motifs is 1. The number of carbonyl (C=O) groups excluding carboxylic acids is 2. The average molecular weight is 506 g/mol. The smallest absolute Gasteiger partial charge is 0.243 e. The van der Waals surface area contributed by atoms with Gasteiger partial charge in [-0.2, -0.15) is 12.6 Å². The van der Waals surface area contributed by atoms with Crippen molar-refractivity contribution in [3.8, 4) is 0 Å². The summed E-state index contributed by atoms with van der Waals surface area (Å²) in [5.74, 6) is -0.413. The second-order valence-corrected chi connectivity index (χ2v) is 10.00. The van der Waals surface area contributed by atoms with E-state index in [2.05, 4.69) is 43.2 Å². The molecule has 2 aromatic rings. The van der Waals surface area contributed by atoms with Crippen molar-refractivity contribution in [2.45, 2.75) is 37.3 Å². The summed E-state index contributed by atoms with van der Waals surface area (Å²) >= 11 is 17.4. The molecule has 1 aromatic carbocycles. The number of aromatic nitrogens is 1. The van der Waals surface area contributed by atoms with Gasteiger partial charge in [-0.05, 0) is 29.2 Å². The van der Waals surface area contributed by atoms with Gasteiger partial charge in [0.2, 0.25) is 11.8 Å². The van der Waals surface area contributed by atoms with E-state index in [-0.39, 0.29) is 23.2 Å². The molecule has 0 radical (unpaired) electrons. The first-order valence-corrected chi connectivity index (χ1v) is 12.3. The maximum atomic E-state index is 12.4. The van der Waals surface area contributed by atoms with Gasteiger partial charge in [-0.25, -0.2) is 4.98 Å². The lowest BCUT2D eigenvalue weighted by Gasteiger charge is -2.36. The molecule has 10 heteroatoms. The minimum absolute atomic E-state index is 0.143. The lowest BCUT2D eigenvalue weighted by molar-refractivity contribution is -0.137. The van der Waals surface area contributed by atoms with Crippen molar-refractivity contribution in [3.63, 3.8) is 0 Å². The number of anilines is 1. The van der Waals surface area contributed by atoms with Crippen molar-refractivity contribution in [1.82, 2.24) is 20.1 Å². The zero-order chi connectivity index (χ0) is 23.1. The minimum Gasteiger partial charge on any atom is -0.365 e. The van der Waals surface area contributed by atoms with Crippen molar-refractivity contribution in [2.75, 3.05) is 31.1 Å². The Balaban J connectivity index is 1.22. The summed E-state index contributed by atoms with van der Waals surface area (Å²) in [6.45, 7) is 4.98. The molecular weight excluding hydrogens is 481 g/mol. The molecular formula is C23H25Cl2N5O2S. The summed E-state index contributed by atoms with van der Waals surface area (Å²) in [6, 6.07) is 7.95. The Labute approximate surface area is 208 Å². The molecule has 0 aliphatic carbocycles. The highest BCUT2D eigenvalue weighted by Gasteiger charge is 2.39. The largest absolute Gasteiger partial charge is 0.365 e. The zero-order valence-electron chi connectivity index (χ0n) is 18.0. The molecule has 0 saturated carbocycles. The summed E-state index contributed by atoms with van der Waals surface area (Å²) in [6.07, 6.45) is 2.53. The van der Waals surface area contributed by atoms with E-state index in [1.807, 2.05) is 0 Å². The van der Waals surface area contributed by atoms with Crippen LogP contribution in [0.5, 0.6) is 0 Å². The lowest BCUT2D eigenvalue weighted by Crippen LogP contribution is -2.51. The third-order valence-corrected chi connectivity index (χ3v) is 7.84. The van der Waals surface area contributed by atoms with Crippen LogP contribution in [-0.4, -0.2) is 58.8 Å². The third-order valence-electron chi connectivity index (χ3n) is 6.69. The van der Waals surface area contributed by atoms with Crippen molar-refractivity contribution in [1.29, 1.82) is 0 Å². The maximum absolute atomic E-state index is 12.4. The molecule has 3 aliphatic rings. The number of nitrogens with one attached hydrogen (secondary N) is 1. The third kappa shape index (κ3) is 4.59. The summed E-state index contributed by atoms with van der Waals surface area (Å²) in [5.41, 5.74) is 4.39. The van der Waals surface area contributed by atoms with Crippen molar-refractivity contribution < 1.29 is 9.59 Å². The van der Waals surface area contributed by atoms with E-state index in [0.29, 0.717) is 29.6 Å². The molecule has 5 rings (SSSR count). The predicted octanol–water partition coefficient (Wildman–Crippen LogP) is 3.26. The van der Waals surface area contributed by atoms with Crippen LogP contribution in [0, 0.1) is 0 Å². The van der Waals surface area contributed by atoms with Crippen molar-refractivity contribution >= 4 is 53.3 Å². The molecule has 0 spiro atoms. The van der Waals surface area contributed by atoms with E-state index < -0.39 is 0 Å². The number of halogens is 2. The normalized spacial score (nSPS) is 24.2. The number of nitrogens with zero attached hydrogens (tertiary/aromatic N) is 4. The highest BCUT2D eigenvalue weighted by atomic mass is 35.5. The Kier molecular flexibility index (Phi) is 6.55. The molecule has 2 atom stereocenters. The second-order valence-electron chi connectivity index (χ2n) is 8.74. The highest BCUT2D eigenvalue weighted by Crippen LogP contribution is 2.39. The van der Waals surface area contributed by atoms with E-state index in [9.17, 15) is 9.59 Å². The number of hydrogen-bond acceptors (Lipinski definition) is 7. The number of thiol groups is 1. The molecule has 2 unspecified atom stereocenters. The first-order valence-electron chi connectivity index (χ1n) is 11.1. The molecule has 2 amide bonds. The Morgan fingerprint density at radius 3 is 2.64 bits per heavy atom. The van der Waals surface area contributed by atoms with Crippen LogP contribution in [0.15, 0.2) is 30.5 Å². The summed E-state index contributed by atoms with van der Waals surface area (Å²) in [5, 5.41) is 3.38. The molecule has 0 bridgehead atoms. The number of benzene rings is 1. The Hall–Kier alpha value is -1.84. The van der Waals surface area contributed by atoms with Gasteiger partial charge in [-0.15, -0.1) is 0 Å². The quantitative estimate of drug-likeness (QED) is 0.377. The molecule has 2 fully saturated rings. The number of imide groups is 1. The molecule has 1 N–H and O–H groups in total. The molecule has 2 saturated heterocycles. The summed E-state index contributed by atoms with van der Waals surface area (Å²) in [7, 11) is 0. The van der Waals surface area contributed by atoms with Crippen LogP contribution in [-0.2, 0) is 22.7 Å². The lowest BCUT2D eigenvalue weighted by atomic mass is 10.0. The summed E-state index contributed by atoms with van der Waals surface area (Å²) in [4.78, 5) is 34.7. The van der Waals surface area contributed by atoms with Gasteiger partial charge in [0.1, 0.15) is 0 Å². The van der Waals surface area contributed by atoms with Gasteiger partial charge in [0, 0.05) is 51.9 Å². The van der Waals surface area contributed by atoms with Crippen molar-refractivity contribution in [3.05, 3.63) is 57.3 Å². The van der Waals surface area contributed by atoms with Gasteiger partial charge < -0.3 is 4.90 Å². The first-order chi connectivity index (χ1) is 15.9. The van der Waals surface area contributed by atoms with Gasteiger partial charge in [-0.3, -0.25) is 24.7 Å². The highest BCUT2D eigenvalue weighted by molar-refractivity contribution is 7.80. The van der Waals surface area contributed by atoms with Crippen LogP contribution < -0.4 is 10.2 Å². The van der Waals surface area contributed by atoms with E-state index >= 15 is 0 Å². The molecule has 1 aromatic heterocycles. The van der Waals surface area contributed by atoms with E-state index in [4.69, 9.17) is 35.8 Å². The van der Waals surface area contributed by atoms with Crippen LogP contribution in [0.4, 0.5) is 5.69 Å². The van der Waals surface area contributed by atoms with Crippen molar-refractivity contribution in [2.24, 2.45) is 0 Å². The fraction of sp³-hybridized carbons (Fsp3) is 0.435. The van der Waals surface area contributed by atoms with Gasteiger partial charge in [-0.1, -0.05) is 41.4 Å². The van der Waals surface area contributed by atoms with Gasteiger partial charge in [0.05, 0.1) is 22.1 Å². The van der Waals surface area contributed by atoms with E-state index in [1.165, 1.54) is 11.1 Å². The fourth-order valence-electron chi connectivity index (χ4n) is 4.96. The van der Waals surface area contributed by atoms with Crippen LogP contribution >= 0.6 is 35.8 Å². The number of hydrogen-bond donors (Lipinski definition) is 2. The summed E-state index contributed by atoms with van der Waals surface area (Å²) < 4.78 is 0. The second kappa shape index (κ2) is 9.43. The average Bonchev–Trinajstić information content (AvgIpc) is 3.10. The van der Waals surface area contributed by atoms with Crippen LogP contribution in [0.25, 0.3) is 0 Å². The SMILES string of the molecule is O=C1CCC(N2Cc3cc(CN4CCN(c5c(Cl)ccnc5Cl)CC4)ccc3C2S)C(=O)N1.